The van der Waals surface area contributed by atoms with Gasteiger partial charge in [0.05, 0.1) is 5.41 Å². The number of fused-ring (bicyclic) bond motifs is 2. The molecule has 4 rings (SSSR count). The highest BCUT2D eigenvalue weighted by atomic mass is 16.2. The number of hydrogen-bond donors (Lipinski definition) is 0. The first-order valence-electron chi connectivity index (χ1n) is 6.20. The molecule has 1 unspecified atom stereocenters. The van der Waals surface area contributed by atoms with Crippen LogP contribution in [0.15, 0.2) is 0 Å². The Hall–Kier alpha value is -1.06. The molecule has 2 heterocycles. The van der Waals surface area contributed by atoms with Gasteiger partial charge in [-0.2, -0.15) is 0 Å². The van der Waals surface area contributed by atoms with E-state index >= 15 is 0 Å². The highest BCUT2D eigenvalue weighted by Gasteiger charge is 2.76. The summed E-state index contributed by atoms with van der Waals surface area (Å²) in [4.78, 5) is 28.0. The van der Waals surface area contributed by atoms with Gasteiger partial charge in [0, 0.05) is 19.5 Å². The molecule has 2 saturated carbocycles. The fourth-order valence-electron chi connectivity index (χ4n) is 3.61. The van der Waals surface area contributed by atoms with E-state index in [2.05, 4.69) is 6.92 Å². The van der Waals surface area contributed by atoms with Gasteiger partial charge in [-0.3, -0.25) is 9.59 Å². The summed E-state index contributed by atoms with van der Waals surface area (Å²) in [7, 11) is 0. The Balaban J connectivity index is 1.65. The van der Waals surface area contributed by atoms with Crippen LogP contribution in [0, 0.1) is 11.3 Å². The molecule has 0 aromatic heterocycles. The third-order valence-electron chi connectivity index (χ3n) is 5.18. The SMILES string of the molecule is CC12CCC(=O)N1CCN2C(=O)C12CC1C2. The molecule has 2 saturated heterocycles. The van der Waals surface area contributed by atoms with Crippen LogP contribution in [0.2, 0.25) is 0 Å². The topological polar surface area (TPSA) is 40.6 Å². The Bertz CT molecular complexity index is 413. The van der Waals surface area contributed by atoms with Crippen molar-refractivity contribution in [3.8, 4) is 0 Å². The lowest BCUT2D eigenvalue weighted by Gasteiger charge is -2.36. The molecule has 0 spiro atoms. The van der Waals surface area contributed by atoms with Crippen LogP contribution in [0.5, 0.6) is 0 Å². The minimum atomic E-state index is -0.293. The molecule has 2 aliphatic heterocycles. The first kappa shape index (κ1) is 9.02. The maximum Gasteiger partial charge on any atom is 0.230 e. The summed E-state index contributed by atoms with van der Waals surface area (Å²) < 4.78 is 0. The van der Waals surface area contributed by atoms with E-state index in [0.717, 1.165) is 32.4 Å². The number of amides is 2. The molecule has 0 radical (unpaired) electrons. The fourth-order valence-corrected chi connectivity index (χ4v) is 3.61. The van der Waals surface area contributed by atoms with Crippen molar-refractivity contribution in [1.29, 1.82) is 0 Å². The van der Waals surface area contributed by atoms with Crippen LogP contribution in [-0.4, -0.2) is 40.4 Å². The van der Waals surface area contributed by atoms with Crippen LogP contribution in [0.25, 0.3) is 0 Å². The zero-order valence-corrected chi connectivity index (χ0v) is 9.53. The van der Waals surface area contributed by atoms with Crippen LogP contribution < -0.4 is 0 Å². The van der Waals surface area contributed by atoms with E-state index in [1.54, 1.807) is 0 Å². The summed E-state index contributed by atoms with van der Waals surface area (Å²) in [6.45, 7) is 3.54. The first-order valence-corrected chi connectivity index (χ1v) is 6.20. The number of rotatable bonds is 1. The average molecular weight is 220 g/mol. The predicted molar refractivity (Wildman–Crippen MR) is 56.2 cm³/mol. The Morgan fingerprint density at radius 1 is 1.38 bits per heavy atom. The number of carbonyl (C=O) groups excluding carboxylic acids is 2. The zero-order chi connectivity index (χ0) is 11.1. The molecule has 0 aromatic carbocycles. The second kappa shape index (κ2) is 2.29. The molecule has 0 aromatic rings. The van der Waals surface area contributed by atoms with Crippen molar-refractivity contribution in [3.63, 3.8) is 0 Å². The van der Waals surface area contributed by atoms with Gasteiger partial charge in [0.2, 0.25) is 11.8 Å². The van der Waals surface area contributed by atoms with Crippen molar-refractivity contribution in [3.05, 3.63) is 0 Å². The zero-order valence-electron chi connectivity index (χ0n) is 9.53. The molecule has 0 bridgehead atoms. The van der Waals surface area contributed by atoms with E-state index < -0.39 is 0 Å². The van der Waals surface area contributed by atoms with Gasteiger partial charge in [0.1, 0.15) is 5.66 Å². The quantitative estimate of drug-likeness (QED) is 0.648. The lowest BCUT2D eigenvalue weighted by Crippen LogP contribution is -2.51. The standard InChI is InChI=1S/C12H16N2O2/c1-11-3-2-9(15)13(11)4-5-14(11)10(16)12-6-8(12)7-12/h8H,2-7H2,1H3. The highest BCUT2D eigenvalue weighted by molar-refractivity contribution is 5.92. The van der Waals surface area contributed by atoms with Gasteiger partial charge < -0.3 is 9.80 Å². The fraction of sp³-hybridized carbons (Fsp3) is 0.833. The van der Waals surface area contributed by atoms with E-state index in [-0.39, 0.29) is 17.0 Å². The highest BCUT2D eigenvalue weighted by Crippen LogP contribution is 2.76. The van der Waals surface area contributed by atoms with E-state index in [1.807, 2.05) is 9.80 Å². The Morgan fingerprint density at radius 3 is 2.69 bits per heavy atom. The summed E-state index contributed by atoms with van der Waals surface area (Å²) in [5.74, 6) is 1.24. The number of hydrogen-bond acceptors (Lipinski definition) is 2. The minimum Gasteiger partial charge on any atom is -0.318 e. The molecule has 2 amide bonds. The maximum atomic E-state index is 12.4. The summed E-state index contributed by atoms with van der Waals surface area (Å²) in [6.07, 6.45) is 3.63. The molecule has 1 atom stereocenters. The molecule has 0 N–H and O–H groups in total. The largest absolute Gasteiger partial charge is 0.318 e. The van der Waals surface area contributed by atoms with E-state index in [1.165, 1.54) is 0 Å². The molecule has 86 valence electrons. The molecule has 4 fully saturated rings. The first-order chi connectivity index (χ1) is 7.58. The third kappa shape index (κ3) is 0.803. The van der Waals surface area contributed by atoms with Gasteiger partial charge in [0.15, 0.2) is 0 Å². The van der Waals surface area contributed by atoms with Crippen molar-refractivity contribution in [2.45, 2.75) is 38.3 Å². The third-order valence-corrected chi connectivity index (χ3v) is 5.18. The lowest BCUT2D eigenvalue weighted by atomic mass is 10.1. The lowest BCUT2D eigenvalue weighted by molar-refractivity contribution is -0.143. The average Bonchev–Trinajstić information content (AvgIpc) is 3.02. The molecule has 16 heavy (non-hydrogen) atoms. The van der Waals surface area contributed by atoms with Crippen LogP contribution in [0.3, 0.4) is 0 Å². The van der Waals surface area contributed by atoms with Gasteiger partial charge in [-0.05, 0) is 32.1 Å². The molecule has 4 aliphatic rings. The van der Waals surface area contributed by atoms with Crippen LogP contribution in [-0.2, 0) is 9.59 Å². The van der Waals surface area contributed by atoms with E-state index in [4.69, 9.17) is 0 Å². The molecule has 2 aliphatic carbocycles. The summed E-state index contributed by atoms with van der Waals surface area (Å²) in [5.41, 5.74) is -0.247. The molecular formula is C12H16N2O2. The Labute approximate surface area is 94.6 Å². The van der Waals surface area contributed by atoms with Gasteiger partial charge in [0.25, 0.3) is 0 Å². The molecule has 4 heteroatoms. The van der Waals surface area contributed by atoms with Gasteiger partial charge in [-0.25, -0.2) is 0 Å². The van der Waals surface area contributed by atoms with Crippen molar-refractivity contribution < 1.29 is 9.59 Å². The summed E-state index contributed by atoms with van der Waals surface area (Å²) >= 11 is 0. The van der Waals surface area contributed by atoms with E-state index in [0.29, 0.717) is 18.2 Å². The Morgan fingerprint density at radius 2 is 2.06 bits per heavy atom. The van der Waals surface area contributed by atoms with Crippen LogP contribution >= 0.6 is 0 Å². The second-order valence-corrected chi connectivity index (χ2v) is 5.98. The summed E-state index contributed by atoms with van der Waals surface area (Å²) in [5, 5.41) is 0. The second-order valence-electron chi connectivity index (χ2n) is 5.98. The maximum absolute atomic E-state index is 12.4. The van der Waals surface area contributed by atoms with Crippen molar-refractivity contribution >= 4 is 11.8 Å². The minimum absolute atomic E-state index is 0.0463. The Kier molecular flexibility index (Phi) is 1.29. The number of carbonyl (C=O) groups is 2. The smallest absolute Gasteiger partial charge is 0.230 e. The van der Waals surface area contributed by atoms with Gasteiger partial charge >= 0.3 is 0 Å². The van der Waals surface area contributed by atoms with Crippen LogP contribution in [0.4, 0.5) is 0 Å². The van der Waals surface area contributed by atoms with E-state index in [9.17, 15) is 9.59 Å². The van der Waals surface area contributed by atoms with Crippen molar-refractivity contribution in [1.82, 2.24) is 9.80 Å². The monoisotopic (exact) mass is 220 g/mol. The normalized spacial score (nSPS) is 48.1. The predicted octanol–water partition coefficient (Wildman–Crippen LogP) is 0.577. The number of nitrogens with zero attached hydrogens (tertiary/aromatic N) is 2. The van der Waals surface area contributed by atoms with Crippen molar-refractivity contribution in [2.75, 3.05) is 13.1 Å². The molecular weight excluding hydrogens is 204 g/mol. The van der Waals surface area contributed by atoms with Crippen molar-refractivity contribution in [2.24, 2.45) is 11.3 Å². The van der Waals surface area contributed by atoms with Crippen LogP contribution in [0.1, 0.15) is 32.6 Å². The summed E-state index contributed by atoms with van der Waals surface area (Å²) in [6, 6.07) is 0. The molecule has 4 nitrogen and oxygen atoms in total. The van der Waals surface area contributed by atoms with Gasteiger partial charge in [-0.15, -0.1) is 0 Å². The van der Waals surface area contributed by atoms with Gasteiger partial charge in [-0.1, -0.05) is 0 Å².